The summed E-state index contributed by atoms with van der Waals surface area (Å²) in [5.41, 5.74) is 1.31. The molecular weight excluding hydrogens is 344 g/mol. The third kappa shape index (κ3) is 5.30. The molecule has 1 aromatic carbocycles. The maximum atomic E-state index is 12.4. The predicted octanol–water partition coefficient (Wildman–Crippen LogP) is 2.26. The normalized spacial score (nSPS) is 17.6. The van der Waals surface area contributed by atoms with Crippen LogP contribution in [0.2, 0.25) is 0 Å². The first-order valence-corrected chi connectivity index (χ1v) is 9.63. The van der Waals surface area contributed by atoms with Gasteiger partial charge in [0.25, 0.3) is 5.91 Å². The summed E-state index contributed by atoms with van der Waals surface area (Å²) in [6.07, 6.45) is 6.08. The van der Waals surface area contributed by atoms with E-state index in [0.717, 1.165) is 51.7 Å². The van der Waals surface area contributed by atoms with Crippen molar-refractivity contribution in [1.29, 1.82) is 0 Å². The Labute approximate surface area is 159 Å². The molecule has 0 bridgehead atoms. The Kier molecular flexibility index (Phi) is 5.69. The summed E-state index contributed by atoms with van der Waals surface area (Å²) in [7, 11) is 0. The number of benzene rings is 1. The van der Waals surface area contributed by atoms with Gasteiger partial charge in [-0.1, -0.05) is 0 Å². The molecule has 2 aliphatic rings. The van der Waals surface area contributed by atoms with Gasteiger partial charge in [-0.2, -0.15) is 5.10 Å². The predicted molar refractivity (Wildman–Crippen MR) is 102 cm³/mol. The molecule has 4 rings (SSSR count). The lowest BCUT2D eigenvalue weighted by molar-refractivity contribution is 0.0360. The molecule has 1 aliphatic heterocycles. The highest BCUT2D eigenvalue weighted by Gasteiger charge is 2.21. The smallest absolute Gasteiger partial charge is 0.255 e. The number of hydrogen-bond acceptors (Lipinski definition) is 5. The van der Waals surface area contributed by atoms with Crippen LogP contribution in [0.15, 0.2) is 36.7 Å². The molecule has 0 atom stereocenters. The van der Waals surface area contributed by atoms with Crippen LogP contribution in [0, 0.1) is 5.92 Å². The molecule has 1 N–H and O–H groups in total. The van der Waals surface area contributed by atoms with E-state index >= 15 is 0 Å². The van der Waals surface area contributed by atoms with Crippen LogP contribution in [0.3, 0.4) is 0 Å². The third-order valence-corrected chi connectivity index (χ3v) is 4.94. The summed E-state index contributed by atoms with van der Waals surface area (Å²) < 4.78 is 12.9. The summed E-state index contributed by atoms with van der Waals surface area (Å²) in [4.78, 5) is 14.8. The Bertz CT molecular complexity index is 749. The summed E-state index contributed by atoms with van der Waals surface area (Å²) in [5.74, 6) is 1.39. The van der Waals surface area contributed by atoms with Crippen LogP contribution in [0.1, 0.15) is 23.2 Å². The van der Waals surface area contributed by atoms with E-state index in [9.17, 15) is 4.79 Å². The molecule has 144 valence electrons. The number of carbonyl (C=O) groups is 1. The lowest BCUT2D eigenvalue weighted by Crippen LogP contribution is -2.38. The number of nitrogens with zero attached hydrogens (tertiary/aromatic N) is 3. The van der Waals surface area contributed by atoms with Crippen molar-refractivity contribution in [2.45, 2.75) is 19.4 Å². The topological polar surface area (TPSA) is 68.6 Å². The molecule has 1 aliphatic carbocycles. The number of ether oxygens (including phenoxy) is 2. The minimum Gasteiger partial charge on any atom is -0.493 e. The van der Waals surface area contributed by atoms with Gasteiger partial charge in [0.15, 0.2) is 0 Å². The zero-order valence-electron chi connectivity index (χ0n) is 15.5. The summed E-state index contributed by atoms with van der Waals surface area (Å²) in [6.45, 7) is 6.02. The molecule has 2 aromatic rings. The van der Waals surface area contributed by atoms with Crippen molar-refractivity contribution in [1.82, 2.24) is 14.7 Å². The van der Waals surface area contributed by atoms with Crippen LogP contribution in [0.5, 0.6) is 5.75 Å². The van der Waals surface area contributed by atoms with Gasteiger partial charge in [-0.05, 0) is 43.0 Å². The van der Waals surface area contributed by atoms with E-state index in [1.54, 1.807) is 18.3 Å². The minimum absolute atomic E-state index is 0.142. The first-order chi connectivity index (χ1) is 13.3. The van der Waals surface area contributed by atoms with Gasteiger partial charge in [0.1, 0.15) is 5.75 Å². The number of rotatable bonds is 8. The van der Waals surface area contributed by atoms with Crippen molar-refractivity contribution in [2.75, 3.05) is 44.8 Å². The molecule has 1 saturated heterocycles. The second-order valence-electron chi connectivity index (χ2n) is 7.18. The Morgan fingerprint density at radius 1 is 1.19 bits per heavy atom. The van der Waals surface area contributed by atoms with Crippen molar-refractivity contribution >= 4 is 11.6 Å². The second kappa shape index (κ2) is 8.54. The Morgan fingerprint density at radius 2 is 1.96 bits per heavy atom. The summed E-state index contributed by atoms with van der Waals surface area (Å²) in [6, 6.07) is 7.28. The van der Waals surface area contributed by atoms with Gasteiger partial charge in [0, 0.05) is 31.4 Å². The third-order valence-electron chi connectivity index (χ3n) is 4.94. The number of anilines is 1. The molecule has 0 spiro atoms. The van der Waals surface area contributed by atoms with E-state index in [0.29, 0.717) is 17.2 Å². The molecule has 1 saturated carbocycles. The van der Waals surface area contributed by atoms with Gasteiger partial charge in [-0.25, -0.2) is 0 Å². The van der Waals surface area contributed by atoms with Crippen molar-refractivity contribution in [3.8, 4) is 5.75 Å². The van der Waals surface area contributed by atoms with E-state index < -0.39 is 0 Å². The van der Waals surface area contributed by atoms with Crippen molar-refractivity contribution in [3.05, 3.63) is 42.2 Å². The van der Waals surface area contributed by atoms with Crippen molar-refractivity contribution in [3.63, 3.8) is 0 Å². The summed E-state index contributed by atoms with van der Waals surface area (Å²) >= 11 is 0. The van der Waals surface area contributed by atoms with Gasteiger partial charge in [-0.3, -0.25) is 14.4 Å². The maximum absolute atomic E-state index is 12.4. The van der Waals surface area contributed by atoms with E-state index in [1.807, 2.05) is 23.0 Å². The zero-order valence-corrected chi connectivity index (χ0v) is 15.5. The van der Waals surface area contributed by atoms with Crippen LogP contribution in [-0.4, -0.2) is 60.0 Å². The van der Waals surface area contributed by atoms with Crippen molar-refractivity contribution < 1.29 is 14.3 Å². The lowest BCUT2D eigenvalue weighted by Gasteiger charge is -2.26. The number of carbonyl (C=O) groups excluding carboxylic acids is 1. The quantitative estimate of drug-likeness (QED) is 0.772. The Hall–Kier alpha value is -2.38. The number of nitrogens with one attached hydrogen (secondary N) is 1. The fourth-order valence-corrected chi connectivity index (χ4v) is 3.02. The molecule has 1 aromatic heterocycles. The molecule has 1 amide bonds. The molecule has 2 heterocycles. The van der Waals surface area contributed by atoms with Gasteiger partial charge >= 0.3 is 0 Å². The Morgan fingerprint density at radius 3 is 2.70 bits per heavy atom. The van der Waals surface area contributed by atoms with Gasteiger partial charge in [-0.15, -0.1) is 0 Å². The van der Waals surface area contributed by atoms with Crippen molar-refractivity contribution in [2.24, 2.45) is 5.92 Å². The number of aromatic nitrogens is 2. The van der Waals surface area contributed by atoms with Crippen LogP contribution in [0.4, 0.5) is 5.69 Å². The SMILES string of the molecule is O=C(Nc1cnn(CCN2CCOCC2)c1)c1ccc(OCC2CC2)cc1. The first-order valence-electron chi connectivity index (χ1n) is 9.63. The van der Waals surface area contributed by atoms with E-state index in [-0.39, 0.29) is 5.91 Å². The van der Waals surface area contributed by atoms with Gasteiger partial charge in [0.2, 0.25) is 0 Å². The largest absolute Gasteiger partial charge is 0.493 e. The van der Waals surface area contributed by atoms with E-state index in [2.05, 4.69) is 15.3 Å². The summed E-state index contributed by atoms with van der Waals surface area (Å²) in [5, 5.41) is 7.23. The average Bonchev–Trinajstić information content (AvgIpc) is 3.44. The highest BCUT2D eigenvalue weighted by Crippen LogP contribution is 2.29. The molecule has 7 nitrogen and oxygen atoms in total. The van der Waals surface area contributed by atoms with E-state index in [4.69, 9.17) is 9.47 Å². The fourth-order valence-electron chi connectivity index (χ4n) is 3.02. The number of morpholine rings is 1. The highest BCUT2D eigenvalue weighted by atomic mass is 16.5. The Balaban J connectivity index is 1.25. The first kappa shape index (κ1) is 18.0. The van der Waals surface area contributed by atoms with Crippen LogP contribution in [0.25, 0.3) is 0 Å². The van der Waals surface area contributed by atoms with Crippen LogP contribution < -0.4 is 10.1 Å². The van der Waals surface area contributed by atoms with E-state index in [1.165, 1.54) is 12.8 Å². The molecule has 0 unspecified atom stereocenters. The van der Waals surface area contributed by atoms with Gasteiger partial charge < -0.3 is 14.8 Å². The molecule has 27 heavy (non-hydrogen) atoms. The highest BCUT2D eigenvalue weighted by molar-refractivity contribution is 6.04. The molecular formula is C20H26N4O3. The molecule has 0 radical (unpaired) electrons. The lowest BCUT2D eigenvalue weighted by atomic mass is 10.2. The van der Waals surface area contributed by atoms with Gasteiger partial charge in [0.05, 0.1) is 38.2 Å². The molecule has 7 heteroatoms. The fraction of sp³-hybridized carbons (Fsp3) is 0.500. The average molecular weight is 370 g/mol. The number of hydrogen-bond donors (Lipinski definition) is 1. The number of amides is 1. The van der Waals surface area contributed by atoms with Crippen LogP contribution in [-0.2, 0) is 11.3 Å². The zero-order chi connectivity index (χ0) is 18.5. The molecule has 2 fully saturated rings. The van der Waals surface area contributed by atoms with Crippen LogP contribution >= 0.6 is 0 Å². The minimum atomic E-state index is -0.142. The maximum Gasteiger partial charge on any atom is 0.255 e. The second-order valence-corrected chi connectivity index (χ2v) is 7.18. The monoisotopic (exact) mass is 370 g/mol. The standard InChI is InChI=1S/C20H26N4O3/c25-20(17-3-5-19(6-4-17)27-15-16-1-2-16)22-18-13-21-24(14-18)8-7-23-9-11-26-12-10-23/h3-6,13-14,16H,1-2,7-12,15H2,(H,22,25).